The van der Waals surface area contributed by atoms with Crippen molar-refractivity contribution in [3.63, 3.8) is 0 Å². The highest BCUT2D eigenvalue weighted by molar-refractivity contribution is 6.04. The molecule has 2 aromatic rings. The largest absolute Gasteiger partial charge is 0.528 e. The average molecular weight is 527 g/mol. The number of carbonyl (C=O) groups excluding carboxylic acids is 4. The van der Waals surface area contributed by atoms with Crippen molar-refractivity contribution in [2.75, 3.05) is 19.8 Å². The molecule has 0 aromatic heterocycles. The lowest BCUT2D eigenvalue weighted by atomic mass is 9.97. The quantitative estimate of drug-likeness (QED) is 0.384. The van der Waals surface area contributed by atoms with Crippen molar-refractivity contribution in [1.82, 2.24) is 10.4 Å². The van der Waals surface area contributed by atoms with Gasteiger partial charge in [-0.1, -0.05) is 6.07 Å². The van der Waals surface area contributed by atoms with Gasteiger partial charge in [0.15, 0.2) is 12.4 Å². The summed E-state index contributed by atoms with van der Waals surface area (Å²) in [5, 5.41) is 4.28. The molecule has 0 spiro atoms. The molecule has 1 N–H and O–H groups in total. The van der Waals surface area contributed by atoms with E-state index in [0.29, 0.717) is 36.4 Å². The molecule has 0 saturated carbocycles. The first-order chi connectivity index (χ1) is 17.9. The molecule has 0 bridgehead atoms. The third-order valence-electron chi connectivity index (χ3n) is 5.58. The number of hydroxylamine groups is 2. The molecule has 1 heterocycles. The van der Waals surface area contributed by atoms with Gasteiger partial charge in [0.25, 0.3) is 5.91 Å². The molecule has 204 valence electrons. The Balaban J connectivity index is 1.54. The molecule has 0 fully saturated rings. The molecular formula is C28H34N2O8. The first-order valence-electron chi connectivity index (χ1n) is 12.5. The molecule has 3 rings (SSSR count). The van der Waals surface area contributed by atoms with Gasteiger partial charge in [0, 0.05) is 17.7 Å². The van der Waals surface area contributed by atoms with Crippen molar-refractivity contribution in [1.29, 1.82) is 0 Å². The number of benzene rings is 2. The minimum Gasteiger partial charge on any atom is -0.482 e. The molecule has 1 aliphatic rings. The Morgan fingerprint density at radius 2 is 1.68 bits per heavy atom. The highest BCUT2D eigenvalue weighted by Crippen LogP contribution is 2.22. The van der Waals surface area contributed by atoms with E-state index >= 15 is 0 Å². The molecule has 38 heavy (non-hydrogen) atoms. The smallest absolute Gasteiger partial charge is 0.482 e. The number of ether oxygens (including phenoxy) is 3. The van der Waals surface area contributed by atoms with Gasteiger partial charge in [-0.3, -0.25) is 9.59 Å². The fraction of sp³-hybridized carbons (Fsp3) is 0.429. The summed E-state index contributed by atoms with van der Waals surface area (Å²) in [4.78, 5) is 54.3. The summed E-state index contributed by atoms with van der Waals surface area (Å²) in [5.74, 6) is -0.674. The second-order valence-electron chi connectivity index (χ2n) is 9.83. The van der Waals surface area contributed by atoms with Gasteiger partial charge in [-0.15, -0.1) is 5.06 Å². The fourth-order valence-corrected chi connectivity index (χ4v) is 3.78. The normalized spacial score (nSPS) is 14.0. The van der Waals surface area contributed by atoms with E-state index in [-0.39, 0.29) is 24.9 Å². The number of amides is 1. The number of hydrogen-bond acceptors (Lipinski definition) is 9. The highest BCUT2D eigenvalue weighted by Gasteiger charge is 2.25. The number of rotatable bonds is 9. The molecular weight excluding hydrogens is 492 g/mol. The molecule has 0 saturated heterocycles. The van der Waals surface area contributed by atoms with E-state index in [2.05, 4.69) is 5.32 Å². The number of carbonyl (C=O) groups is 4. The Bertz CT molecular complexity index is 1170. The van der Waals surface area contributed by atoms with Crippen molar-refractivity contribution in [3.8, 4) is 5.75 Å². The minimum atomic E-state index is -0.762. The molecule has 10 nitrogen and oxygen atoms in total. The van der Waals surface area contributed by atoms with Gasteiger partial charge >= 0.3 is 12.1 Å². The predicted molar refractivity (Wildman–Crippen MR) is 138 cm³/mol. The second kappa shape index (κ2) is 12.6. The molecule has 1 atom stereocenters. The third kappa shape index (κ3) is 8.31. The van der Waals surface area contributed by atoms with Crippen LogP contribution in [-0.4, -0.2) is 60.3 Å². The lowest BCUT2D eigenvalue weighted by Gasteiger charge is -2.28. The number of hydrogen-bond donors (Lipinski definition) is 1. The van der Waals surface area contributed by atoms with Gasteiger partial charge in [0.1, 0.15) is 11.4 Å². The summed E-state index contributed by atoms with van der Waals surface area (Å²) in [7, 11) is 0. The molecule has 10 heteroatoms. The van der Waals surface area contributed by atoms with Crippen molar-refractivity contribution in [2.24, 2.45) is 0 Å². The topological polar surface area (TPSA) is 120 Å². The monoisotopic (exact) mass is 526 g/mol. The summed E-state index contributed by atoms with van der Waals surface area (Å²) >= 11 is 0. The fourth-order valence-electron chi connectivity index (χ4n) is 3.78. The second-order valence-corrected chi connectivity index (χ2v) is 9.83. The van der Waals surface area contributed by atoms with Crippen molar-refractivity contribution in [3.05, 3.63) is 64.7 Å². The minimum absolute atomic E-state index is 0.219. The van der Waals surface area contributed by atoms with Crippen LogP contribution in [0, 0.1) is 0 Å². The van der Waals surface area contributed by atoms with Gasteiger partial charge < -0.3 is 24.4 Å². The molecule has 1 amide bonds. The first-order valence-corrected chi connectivity index (χ1v) is 12.5. The Labute approximate surface area is 222 Å². The lowest BCUT2D eigenvalue weighted by molar-refractivity contribution is -0.151. The van der Waals surface area contributed by atoms with Gasteiger partial charge in [0.05, 0.1) is 19.2 Å². The number of Topliss-reactive ketones (excluding diaryl/α,β-unsaturated/α-hetero) is 1. The number of nitrogens with zero attached hydrogens (tertiary/aromatic N) is 1. The molecule has 0 unspecified atom stereocenters. The maximum Gasteiger partial charge on any atom is 0.528 e. The predicted octanol–water partition coefficient (Wildman–Crippen LogP) is 3.85. The lowest BCUT2D eigenvalue weighted by Crippen LogP contribution is -2.39. The molecule has 0 aliphatic carbocycles. The van der Waals surface area contributed by atoms with Gasteiger partial charge in [-0.2, -0.15) is 0 Å². The maximum atomic E-state index is 12.9. The van der Waals surface area contributed by atoms with Crippen LogP contribution in [0.2, 0.25) is 0 Å². The summed E-state index contributed by atoms with van der Waals surface area (Å²) in [5.41, 5.74) is 2.10. The van der Waals surface area contributed by atoms with Crippen molar-refractivity contribution in [2.45, 2.75) is 59.2 Å². The van der Waals surface area contributed by atoms with Gasteiger partial charge in [-0.25, -0.2) is 9.59 Å². The Hall–Kier alpha value is -3.92. The van der Waals surface area contributed by atoms with Crippen LogP contribution in [0.15, 0.2) is 42.5 Å². The first kappa shape index (κ1) is 28.6. The van der Waals surface area contributed by atoms with Crippen LogP contribution < -0.4 is 10.1 Å². The summed E-state index contributed by atoms with van der Waals surface area (Å²) in [6.07, 6.45) is -0.173. The average Bonchev–Trinajstić information content (AvgIpc) is 2.86. The molecule has 1 aliphatic heterocycles. The van der Waals surface area contributed by atoms with Crippen molar-refractivity contribution >= 4 is 23.8 Å². The number of fused-ring (bicyclic) bond motifs is 1. The van der Waals surface area contributed by atoms with Crippen LogP contribution >= 0.6 is 0 Å². The van der Waals surface area contributed by atoms with E-state index in [4.69, 9.17) is 19.0 Å². The number of esters is 1. The van der Waals surface area contributed by atoms with E-state index < -0.39 is 23.8 Å². The zero-order chi connectivity index (χ0) is 27.9. The van der Waals surface area contributed by atoms with Gasteiger partial charge in [0.2, 0.25) is 0 Å². The standard InChI is InChI=1S/C28H34N2O8/c1-6-35-24(31)17-36-23-11-9-19(10-12-23)25(32)18(2)29-26(33)21-7-8-22-16-30(14-13-20(22)15-21)38-27(34)37-28(3,4)5/h7-12,15,18H,6,13-14,16-17H2,1-5H3,(H,29,33)/t18-/m0/s1. The summed E-state index contributed by atoms with van der Waals surface area (Å²) < 4.78 is 15.3. The van der Waals surface area contributed by atoms with Gasteiger partial charge in [-0.05, 0) is 88.6 Å². The van der Waals surface area contributed by atoms with Crippen LogP contribution in [0.3, 0.4) is 0 Å². The van der Waals surface area contributed by atoms with E-state index in [1.807, 2.05) is 6.07 Å². The zero-order valence-electron chi connectivity index (χ0n) is 22.4. The highest BCUT2D eigenvalue weighted by atomic mass is 16.8. The van der Waals surface area contributed by atoms with E-state index in [0.717, 1.165) is 11.1 Å². The van der Waals surface area contributed by atoms with E-state index in [9.17, 15) is 19.2 Å². The maximum absolute atomic E-state index is 12.9. The van der Waals surface area contributed by atoms with Crippen LogP contribution in [-0.2, 0) is 32.1 Å². The summed E-state index contributed by atoms with van der Waals surface area (Å²) in [6.45, 7) is 9.53. The third-order valence-corrected chi connectivity index (χ3v) is 5.58. The van der Waals surface area contributed by atoms with Crippen molar-refractivity contribution < 1.29 is 38.2 Å². The molecule has 2 aromatic carbocycles. The molecule has 0 radical (unpaired) electrons. The Kier molecular flexibility index (Phi) is 9.46. The Morgan fingerprint density at radius 1 is 1.00 bits per heavy atom. The Morgan fingerprint density at radius 3 is 2.34 bits per heavy atom. The van der Waals surface area contributed by atoms with Crippen LogP contribution in [0.4, 0.5) is 4.79 Å². The summed E-state index contributed by atoms with van der Waals surface area (Å²) in [6, 6.07) is 10.9. The van der Waals surface area contributed by atoms with Crippen LogP contribution in [0.5, 0.6) is 5.75 Å². The van der Waals surface area contributed by atoms with E-state index in [1.54, 1.807) is 71.0 Å². The number of ketones is 1. The van der Waals surface area contributed by atoms with Crippen LogP contribution in [0.1, 0.15) is 66.5 Å². The zero-order valence-corrected chi connectivity index (χ0v) is 22.4. The number of nitrogens with one attached hydrogen (secondary N) is 1. The van der Waals surface area contributed by atoms with Crippen LogP contribution in [0.25, 0.3) is 0 Å². The van der Waals surface area contributed by atoms with E-state index in [1.165, 1.54) is 5.06 Å². The SMILES string of the molecule is CCOC(=O)COc1ccc(C(=O)[C@H](C)NC(=O)c2ccc3c(c2)CCN(OC(=O)OC(C)(C)C)C3)cc1.